The lowest BCUT2D eigenvalue weighted by Gasteiger charge is -2.19. The lowest BCUT2D eigenvalue weighted by molar-refractivity contribution is 0.0707. The fourth-order valence-electron chi connectivity index (χ4n) is 1.03. The molecule has 0 bridgehead atoms. The van der Waals surface area contributed by atoms with E-state index in [1.54, 1.807) is 7.11 Å². The van der Waals surface area contributed by atoms with Crippen molar-refractivity contribution in [2.75, 3.05) is 39.4 Å². The Balaban J connectivity index is 3.25. The number of rotatable bonds is 9. The largest absolute Gasteiger partial charge is 0.382 e. The molecular weight excluding hydrogens is 202 g/mol. The lowest BCUT2D eigenvalue weighted by atomic mass is 10.1. The van der Waals surface area contributed by atoms with Gasteiger partial charge in [-0.2, -0.15) is 0 Å². The molecule has 0 fully saturated rings. The molecule has 14 heavy (non-hydrogen) atoms. The molecule has 3 nitrogen and oxygen atoms in total. The highest BCUT2D eigenvalue weighted by molar-refractivity contribution is 6.18. The molecule has 0 rings (SSSR count). The highest BCUT2D eigenvalue weighted by atomic mass is 35.5. The van der Waals surface area contributed by atoms with E-state index >= 15 is 0 Å². The second kappa shape index (κ2) is 9.71. The standard InChI is InChI=1S/C10H22ClNO2/c1-9(2)10(8-11)12-4-5-14-7-6-13-3/h9-10,12H,4-8H2,1-3H3. The van der Waals surface area contributed by atoms with Crippen LogP contribution in [0.4, 0.5) is 0 Å². The molecule has 0 saturated carbocycles. The smallest absolute Gasteiger partial charge is 0.0700 e. The Hall–Kier alpha value is 0.170. The van der Waals surface area contributed by atoms with Gasteiger partial charge in [-0.05, 0) is 5.92 Å². The molecule has 0 aromatic heterocycles. The minimum absolute atomic E-state index is 0.377. The monoisotopic (exact) mass is 223 g/mol. The van der Waals surface area contributed by atoms with Crippen molar-refractivity contribution in [2.24, 2.45) is 5.92 Å². The van der Waals surface area contributed by atoms with Gasteiger partial charge in [0.25, 0.3) is 0 Å². The van der Waals surface area contributed by atoms with Crippen LogP contribution in [0, 0.1) is 5.92 Å². The van der Waals surface area contributed by atoms with Crippen LogP contribution >= 0.6 is 11.6 Å². The second-order valence-electron chi connectivity index (χ2n) is 3.56. The van der Waals surface area contributed by atoms with Crippen LogP contribution in [0.5, 0.6) is 0 Å². The molecule has 1 unspecified atom stereocenters. The zero-order valence-electron chi connectivity index (χ0n) is 9.38. The van der Waals surface area contributed by atoms with E-state index in [0.717, 1.165) is 6.54 Å². The van der Waals surface area contributed by atoms with Crippen molar-refractivity contribution in [3.63, 3.8) is 0 Å². The molecular formula is C10H22ClNO2. The van der Waals surface area contributed by atoms with Crippen LogP contribution in [0.3, 0.4) is 0 Å². The second-order valence-corrected chi connectivity index (χ2v) is 3.87. The van der Waals surface area contributed by atoms with Gasteiger partial charge >= 0.3 is 0 Å². The molecule has 0 radical (unpaired) electrons. The molecule has 86 valence electrons. The summed E-state index contributed by atoms with van der Waals surface area (Å²) in [5.41, 5.74) is 0. The average Bonchev–Trinajstić information content (AvgIpc) is 2.16. The zero-order chi connectivity index (χ0) is 10.8. The van der Waals surface area contributed by atoms with Crippen LogP contribution < -0.4 is 5.32 Å². The Kier molecular flexibility index (Phi) is 9.83. The quantitative estimate of drug-likeness (QED) is 0.475. The van der Waals surface area contributed by atoms with Gasteiger partial charge in [0.2, 0.25) is 0 Å². The third kappa shape index (κ3) is 7.56. The van der Waals surface area contributed by atoms with Gasteiger partial charge in [-0.1, -0.05) is 13.8 Å². The van der Waals surface area contributed by atoms with Gasteiger partial charge in [0, 0.05) is 25.6 Å². The predicted molar refractivity (Wildman–Crippen MR) is 60.0 cm³/mol. The predicted octanol–water partition coefficient (Wildman–Crippen LogP) is 1.50. The Morgan fingerprint density at radius 1 is 1.21 bits per heavy atom. The zero-order valence-corrected chi connectivity index (χ0v) is 10.1. The van der Waals surface area contributed by atoms with E-state index in [9.17, 15) is 0 Å². The molecule has 0 aliphatic carbocycles. The van der Waals surface area contributed by atoms with Gasteiger partial charge in [-0.15, -0.1) is 11.6 Å². The molecule has 0 saturated heterocycles. The van der Waals surface area contributed by atoms with Crippen LogP contribution in [-0.4, -0.2) is 45.4 Å². The average molecular weight is 224 g/mol. The minimum atomic E-state index is 0.377. The van der Waals surface area contributed by atoms with Crippen molar-refractivity contribution < 1.29 is 9.47 Å². The van der Waals surface area contributed by atoms with E-state index in [1.165, 1.54) is 0 Å². The Morgan fingerprint density at radius 2 is 1.93 bits per heavy atom. The van der Waals surface area contributed by atoms with Crippen molar-refractivity contribution in [3.05, 3.63) is 0 Å². The van der Waals surface area contributed by atoms with Crippen molar-refractivity contribution in [1.82, 2.24) is 5.32 Å². The number of methoxy groups -OCH3 is 1. The van der Waals surface area contributed by atoms with Crippen molar-refractivity contribution in [1.29, 1.82) is 0 Å². The van der Waals surface area contributed by atoms with Gasteiger partial charge in [-0.3, -0.25) is 0 Å². The summed E-state index contributed by atoms with van der Waals surface area (Å²) in [6.45, 7) is 7.19. The molecule has 0 heterocycles. The molecule has 0 spiro atoms. The molecule has 0 aliphatic heterocycles. The SMILES string of the molecule is COCCOCCNC(CCl)C(C)C. The first-order valence-electron chi connectivity index (χ1n) is 5.08. The fraction of sp³-hybridized carbons (Fsp3) is 1.00. The highest BCUT2D eigenvalue weighted by Gasteiger charge is 2.09. The first-order chi connectivity index (χ1) is 6.72. The normalized spacial score (nSPS) is 13.5. The van der Waals surface area contributed by atoms with Gasteiger partial charge < -0.3 is 14.8 Å². The van der Waals surface area contributed by atoms with Gasteiger partial charge in [0.15, 0.2) is 0 Å². The van der Waals surface area contributed by atoms with Crippen LogP contribution in [-0.2, 0) is 9.47 Å². The molecule has 0 aromatic rings. The summed E-state index contributed by atoms with van der Waals surface area (Å²) in [7, 11) is 1.67. The molecule has 0 aromatic carbocycles. The van der Waals surface area contributed by atoms with Gasteiger partial charge in [-0.25, -0.2) is 0 Å². The summed E-state index contributed by atoms with van der Waals surface area (Å²) in [6, 6.07) is 0.377. The molecule has 0 amide bonds. The maximum atomic E-state index is 5.80. The van der Waals surface area contributed by atoms with Crippen LogP contribution in [0.2, 0.25) is 0 Å². The maximum absolute atomic E-state index is 5.80. The minimum Gasteiger partial charge on any atom is -0.382 e. The number of nitrogens with one attached hydrogen (secondary N) is 1. The Labute approximate surface area is 92.1 Å². The summed E-state index contributed by atoms with van der Waals surface area (Å²) in [5.74, 6) is 1.21. The molecule has 1 N–H and O–H groups in total. The van der Waals surface area contributed by atoms with E-state index in [2.05, 4.69) is 19.2 Å². The topological polar surface area (TPSA) is 30.5 Å². The highest BCUT2D eigenvalue weighted by Crippen LogP contribution is 2.02. The first kappa shape index (κ1) is 14.2. The van der Waals surface area contributed by atoms with Gasteiger partial charge in [0.1, 0.15) is 0 Å². The summed E-state index contributed by atoms with van der Waals surface area (Å²) < 4.78 is 10.2. The Morgan fingerprint density at radius 3 is 2.43 bits per heavy atom. The molecule has 4 heteroatoms. The molecule has 0 aliphatic rings. The number of halogens is 1. The van der Waals surface area contributed by atoms with Crippen molar-refractivity contribution >= 4 is 11.6 Å². The van der Waals surface area contributed by atoms with Crippen LogP contribution in [0.25, 0.3) is 0 Å². The summed E-state index contributed by atoms with van der Waals surface area (Å²) in [6.07, 6.45) is 0. The fourth-order valence-corrected chi connectivity index (χ4v) is 1.49. The Bertz CT molecular complexity index is 123. The summed E-state index contributed by atoms with van der Waals surface area (Å²) in [5, 5.41) is 3.35. The summed E-state index contributed by atoms with van der Waals surface area (Å²) in [4.78, 5) is 0. The third-order valence-corrected chi connectivity index (χ3v) is 2.39. The van der Waals surface area contributed by atoms with Gasteiger partial charge in [0.05, 0.1) is 19.8 Å². The number of hydrogen-bond donors (Lipinski definition) is 1. The summed E-state index contributed by atoms with van der Waals surface area (Å²) >= 11 is 5.80. The maximum Gasteiger partial charge on any atom is 0.0700 e. The van der Waals surface area contributed by atoms with E-state index in [4.69, 9.17) is 21.1 Å². The third-order valence-electron chi connectivity index (χ3n) is 2.06. The van der Waals surface area contributed by atoms with E-state index in [-0.39, 0.29) is 0 Å². The first-order valence-corrected chi connectivity index (χ1v) is 5.61. The van der Waals surface area contributed by atoms with Crippen LogP contribution in [0.1, 0.15) is 13.8 Å². The van der Waals surface area contributed by atoms with E-state index < -0.39 is 0 Å². The molecule has 1 atom stereocenters. The number of alkyl halides is 1. The van der Waals surface area contributed by atoms with Crippen molar-refractivity contribution in [3.8, 4) is 0 Å². The van der Waals surface area contributed by atoms with E-state index in [1.807, 2.05) is 0 Å². The van der Waals surface area contributed by atoms with Crippen LogP contribution in [0.15, 0.2) is 0 Å². The van der Waals surface area contributed by atoms with Crippen molar-refractivity contribution in [2.45, 2.75) is 19.9 Å². The number of ether oxygens (including phenoxy) is 2. The lowest BCUT2D eigenvalue weighted by Crippen LogP contribution is -2.37. The number of hydrogen-bond acceptors (Lipinski definition) is 3. The van der Waals surface area contributed by atoms with E-state index in [0.29, 0.717) is 37.7 Å².